The number of hydrogen-bond donors (Lipinski definition) is 2. The van der Waals surface area contributed by atoms with Gasteiger partial charge in [-0.25, -0.2) is 4.79 Å². The van der Waals surface area contributed by atoms with Crippen molar-refractivity contribution in [2.45, 2.75) is 57.5 Å². The van der Waals surface area contributed by atoms with Crippen molar-refractivity contribution < 1.29 is 9.59 Å². The van der Waals surface area contributed by atoms with Crippen molar-refractivity contribution in [3.63, 3.8) is 0 Å². The third-order valence-electron chi connectivity index (χ3n) is 3.96. The van der Waals surface area contributed by atoms with E-state index in [4.69, 9.17) is 0 Å². The Morgan fingerprint density at radius 2 is 2.10 bits per heavy atom. The SMILES string of the molecule is CCC(=O)N[C@@H]1CCCN(C(=O)N[C@@H]2C=CCCC2)C1. The van der Waals surface area contributed by atoms with Crippen LogP contribution in [0.2, 0.25) is 0 Å². The average Bonchev–Trinajstić information content (AvgIpc) is 2.48. The van der Waals surface area contributed by atoms with E-state index in [9.17, 15) is 9.59 Å². The van der Waals surface area contributed by atoms with E-state index in [1.807, 2.05) is 11.8 Å². The number of allylic oxidation sites excluding steroid dienone is 1. The number of carbonyl (C=O) groups excluding carboxylic acids is 2. The molecular formula is C15H25N3O2. The zero-order valence-corrected chi connectivity index (χ0v) is 12.2. The van der Waals surface area contributed by atoms with Gasteiger partial charge in [0.15, 0.2) is 0 Å². The van der Waals surface area contributed by atoms with Gasteiger partial charge in [0, 0.05) is 31.6 Å². The molecule has 0 aromatic carbocycles. The molecule has 2 aliphatic rings. The van der Waals surface area contributed by atoms with Gasteiger partial charge < -0.3 is 15.5 Å². The summed E-state index contributed by atoms with van der Waals surface area (Å²) in [6, 6.07) is 0.266. The maximum Gasteiger partial charge on any atom is 0.317 e. The number of piperidine rings is 1. The molecular weight excluding hydrogens is 254 g/mol. The number of nitrogens with zero attached hydrogens (tertiary/aromatic N) is 1. The predicted molar refractivity (Wildman–Crippen MR) is 78.3 cm³/mol. The lowest BCUT2D eigenvalue weighted by atomic mass is 10.0. The molecule has 1 aliphatic carbocycles. The summed E-state index contributed by atoms with van der Waals surface area (Å²) in [5.74, 6) is 0.0625. The Kier molecular flexibility index (Phi) is 5.44. The highest BCUT2D eigenvalue weighted by Crippen LogP contribution is 2.13. The number of amides is 3. The molecule has 1 saturated heterocycles. The molecule has 0 bridgehead atoms. The molecule has 112 valence electrons. The van der Waals surface area contributed by atoms with Gasteiger partial charge in [-0.3, -0.25) is 4.79 Å². The standard InChI is InChI=1S/C15H25N3O2/c1-2-14(19)16-13-9-6-10-18(11-13)15(20)17-12-7-4-3-5-8-12/h4,7,12-13H,2-3,5-6,8-11H2,1H3,(H,16,19)(H,17,20)/t12-,13-/m1/s1. The molecule has 0 aromatic rings. The van der Waals surface area contributed by atoms with Crippen LogP contribution < -0.4 is 10.6 Å². The normalized spacial score (nSPS) is 26.1. The number of hydrogen-bond acceptors (Lipinski definition) is 2. The molecule has 5 heteroatoms. The Hall–Kier alpha value is -1.52. The minimum atomic E-state index is -0.00278. The molecule has 1 fully saturated rings. The minimum absolute atomic E-state index is 0.00278. The first-order chi connectivity index (χ1) is 9.69. The lowest BCUT2D eigenvalue weighted by Crippen LogP contribution is -2.53. The Bertz CT molecular complexity index is 381. The van der Waals surface area contributed by atoms with E-state index < -0.39 is 0 Å². The number of likely N-dealkylation sites (tertiary alicyclic amines) is 1. The minimum Gasteiger partial charge on any atom is -0.352 e. The first-order valence-electron chi connectivity index (χ1n) is 7.70. The van der Waals surface area contributed by atoms with Gasteiger partial charge in [-0.15, -0.1) is 0 Å². The highest BCUT2D eigenvalue weighted by Gasteiger charge is 2.25. The molecule has 1 heterocycles. The van der Waals surface area contributed by atoms with Crippen LogP contribution in [0.1, 0.15) is 45.4 Å². The number of rotatable bonds is 3. The zero-order chi connectivity index (χ0) is 14.4. The highest BCUT2D eigenvalue weighted by molar-refractivity contribution is 5.77. The second-order valence-electron chi connectivity index (χ2n) is 5.62. The van der Waals surface area contributed by atoms with Crippen molar-refractivity contribution >= 4 is 11.9 Å². The third-order valence-corrected chi connectivity index (χ3v) is 3.96. The topological polar surface area (TPSA) is 61.4 Å². The van der Waals surface area contributed by atoms with Crippen molar-refractivity contribution in [1.82, 2.24) is 15.5 Å². The molecule has 2 N–H and O–H groups in total. The first-order valence-corrected chi connectivity index (χ1v) is 7.70. The van der Waals surface area contributed by atoms with E-state index in [2.05, 4.69) is 22.8 Å². The van der Waals surface area contributed by atoms with Gasteiger partial charge in [0.2, 0.25) is 5.91 Å². The fourth-order valence-corrected chi connectivity index (χ4v) is 2.79. The summed E-state index contributed by atoms with van der Waals surface area (Å²) >= 11 is 0. The van der Waals surface area contributed by atoms with Crippen LogP contribution in [0, 0.1) is 0 Å². The number of nitrogens with one attached hydrogen (secondary N) is 2. The summed E-state index contributed by atoms with van der Waals surface area (Å²) in [5, 5.41) is 6.05. The quantitative estimate of drug-likeness (QED) is 0.774. The van der Waals surface area contributed by atoms with E-state index in [-0.39, 0.29) is 24.0 Å². The molecule has 0 radical (unpaired) electrons. The molecule has 3 amide bonds. The van der Waals surface area contributed by atoms with Gasteiger partial charge >= 0.3 is 6.03 Å². The van der Waals surface area contributed by atoms with Gasteiger partial charge in [0.05, 0.1) is 0 Å². The monoisotopic (exact) mass is 279 g/mol. The predicted octanol–water partition coefficient (Wildman–Crippen LogP) is 1.80. The Morgan fingerprint density at radius 1 is 1.25 bits per heavy atom. The fourth-order valence-electron chi connectivity index (χ4n) is 2.79. The summed E-state index contributed by atoms with van der Waals surface area (Å²) in [6.45, 7) is 3.24. The average molecular weight is 279 g/mol. The Morgan fingerprint density at radius 3 is 2.80 bits per heavy atom. The van der Waals surface area contributed by atoms with E-state index in [0.717, 1.165) is 38.6 Å². The maximum atomic E-state index is 12.2. The number of urea groups is 1. The van der Waals surface area contributed by atoms with Gasteiger partial charge in [-0.1, -0.05) is 19.1 Å². The molecule has 20 heavy (non-hydrogen) atoms. The van der Waals surface area contributed by atoms with Crippen LogP contribution in [0.4, 0.5) is 4.79 Å². The van der Waals surface area contributed by atoms with Crippen molar-refractivity contribution in [2.24, 2.45) is 0 Å². The molecule has 0 aromatic heterocycles. The molecule has 0 saturated carbocycles. The van der Waals surface area contributed by atoms with Crippen LogP contribution in [0.3, 0.4) is 0 Å². The smallest absolute Gasteiger partial charge is 0.317 e. The molecule has 0 unspecified atom stereocenters. The summed E-state index contributed by atoms with van der Waals surface area (Å²) in [7, 11) is 0. The lowest BCUT2D eigenvalue weighted by molar-refractivity contribution is -0.121. The van der Waals surface area contributed by atoms with Crippen LogP contribution in [0.15, 0.2) is 12.2 Å². The van der Waals surface area contributed by atoms with E-state index in [0.29, 0.717) is 13.0 Å². The molecule has 2 rings (SSSR count). The van der Waals surface area contributed by atoms with Crippen molar-refractivity contribution in [3.05, 3.63) is 12.2 Å². The third kappa shape index (κ3) is 4.25. The Labute approximate surface area is 120 Å². The highest BCUT2D eigenvalue weighted by atomic mass is 16.2. The second-order valence-corrected chi connectivity index (χ2v) is 5.62. The van der Waals surface area contributed by atoms with Gasteiger partial charge in [0.25, 0.3) is 0 Å². The fraction of sp³-hybridized carbons (Fsp3) is 0.733. The second kappa shape index (κ2) is 7.31. The van der Waals surface area contributed by atoms with Gasteiger partial charge in [0.1, 0.15) is 0 Å². The molecule has 5 nitrogen and oxygen atoms in total. The summed E-state index contributed by atoms with van der Waals surface area (Å²) < 4.78 is 0. The van der Waals surface area contributed by atoms with Gasteiger partial charge in [-0.2, -0.15) is 0 Å². The van der Waals surface area contributed by atoms with E-state index >= 15 is 0 Å². The summed E-state index contributed by atoms with van der Waals surface area (Å²) in [5.41, 5.74) is 0. The molecule has 0 spiro atoms. The first kappa shape index (κ1) is 14.9. The van der Waals surface area contributed by atoms with Crippen LogP contribution >= 0.6 is 0 Å². The largest absolute Gasteiger partial charge is 0.352 e. The maximum absolute atomic E-state index is 12.2. The van der Waals surface area contributed by atoms with Crippen molar-refractivity contribution in [1.29, 1.82) is 0 Å². The molecule has 1 aliphatic heterocycles. The van der Waals surface area contributed by atoms with Crippen LogP contribution in [0.25, 0.3) is 0 Å². The van der Waals surface area contributed by atoms with Crippen molar-refractivity contribution in [3.8, 4) is 0 Å². The Balaban J connectivity index is 1.81. The molecule has 2 atom stereocenters. The summed E-state index contributed by atoms with van der Waals surface area (Å²) in [4.78, 5) is 25.5. The summed E-state index contributed by atoms with van der Waals surface area (Å²) in [6.07, 6.45) is 9.89. The number of carbonyl (C=O) groups is 2. The van der Waals surface area contributed by atoms with E-state index in [1.165, 1.54) is 0 Å². The van der Waals surface area contributed by atoms with Crippen LogP contribution in [-0.2, 0) is 4.79 Å². The van der Waals surface area contributed by atoms with Gasteiger partial charge in [-0.05, 0) is 32.1 Å². The van der Waals surface area contributed by atoms with Crippen LogP contribution in [0.5, 0.6) is 0 Å². The zero-order valence-electron chi connectivity index (χ0n) is 12.2. The van der Waals surface area contributed by atoms with E-state index in [1.54, 1.807) is 0 Å². The van der Waals surface area contributed by atoms with Crippen LogP contribution in [-0.4, -0.2) is 42.0 Å². The lowest BCUT2D eigenvalue weighted by Gasteiger charge is -2.34. The van der Waals surface area contributed by atoms with Crippen molar-refractivity contribution in [2.75, 3.05) is 13.1 Å².